The standard InChI is InChI=1S/C12H19N5O10P2/c13-9-7-10(15-4-14-9)17(5-16-7)11-8(18)12(19,1-2-28(20,21)22)6(27-11)3-26-29(23,24)25/h4-6,8,11,18-19H,1-3H2,(H2,13,14,15)(H2,20,21,22)(H2,23,24,25)/t6-,8+,11-,12-/m1/s1. The molecule has 0 aromatic carbocycles. The van der Waals surface area contributed by atoms with Crippen molar-refractivity contribution in [2.75, 3.05) is 18.5 Å². The number of nitrogens with zero attached hydrogens (tertiary/aromatic N) is 4. The van der Waals surface area contributed by atoms with Gasteiger partial charge < -0.3 is 40.3 Å². The van der Waals surface area contributed by atoms with Crippen molar-refractivity contribution in [1.82, 2.24) is 19.5 Å². The molecular formula is C12H19N5O10P2. The van der Waals surface area contributed by atoms with Gasteiger partial charge in [0.05, 0.1) is 19.1 Å². The normalized spacial score (nSPS) is 28.3. The van der Waals surface area contributed by atoms with E-state index < -0.39 is 58.6 Å². The van der Waals surface area contributed by atoms with Crippen LogP contribution in [0.25, 0.3) is 11.2 Å². The summed E-state index contributed by atoms with van der Waals surface area (Å²) in [5.41, 5.74) is 3.70. The Morgan fingerprint density at radius 1 is 1.24 bits per heavy atom. The number of fused-ring (bicyclic) bond motifs is 1. The fourth-order valence-corrected chi connectivity index (χ4v) is 4.03. The van der Waals surface area contributed by atoms with Crippen LogP contribution in [0.3, 0.4) is 0 Å². The third-order valence-electron chi connectivity index (χ3n) is 4.50. The van der Waals surface area contributed by atoms with Crippen molar-refractivity contribution in [1.29, 1.82) is 0 Å². The first kappa shape index (κ1) is 22.2. The third-order valence-corrected chi connectivity index (χ3v) is 5.79. The van der Waals surface area contributed by atoms with Crippen LogP contribution >= 0.6 is 15.4 Å². The lowest BCUT2D eigenvalue weighted by Gasteiger charge is -2.31. The number of aliphatic hydroxyl groups is 2. The molecule has 3 heterocycles. The molecular weight excluding hydrogens is 436 g/mol. The molecule has 1 aliphatic rings. The first-order valence-electron chi connectivity index (χ1n) is 8.05. The molecule has 8 N–H and O–H groups in total. The summed E-state index contributed by atoms with van der Waals surface area (Å²) in [6, 6.07) is 0. The fourth-order valence-electron chi connectivity index (χ4n) is 3.05. The maximum absolute atomic E-state index is 11.2. The summed E-state index contributed by atoms with van der Waals surface area (Å²) in [4.78, 5) is 47.8. The van der Waals surface area contributed by atoms with Crippen LogP contribution in [0, 0.1) is 0 Å². The molecule has 0 bridgehead atoms. The highest BCUT2D eigenvalue weighted by molar-refractivity contribution is 7.51. The zero-order valence-corrected chi connectivity index (χ0v) is 16.4. The van der Waals surface area contributed by atoms with E-state index in [4.69, 9.17) is 30.0 Å². The zero-order chi connectivity index (χ0) is 21.6. The second-order valence-electron chi connectivity index (χ2n) is 6.46. The van der Waals surface area contributed by atoms with E-state index in [0.717, 1.165) is 6.33 Å². The Morgan fingerprint density at radius 2 is 1.93 bits per heavy atom. The lowest BCUT2D eigenvalue weighted by atomic mass is 9.89. The molecule has 4 atom stereocenters. The lowest BCUT2D eigenvalue weighted by Crippen LogP contribution is -2.49. The fraction of sp³-hybridized carbons (Fsp3) is 0.583. The smallest absolute Gasteiger partial charge is 0.385 e. The predicted molar refractivity (Wildman–Crippen MR) is 94.1 cm³/mol. The topological polar surface area (TPSA) is 244 Å². The molecule has 2 aromatic rings. The number of ether oxygens (including phenoxy) is 1. The number of phosphoric acid groups is 1. The minimum atomic E-state index is -4.95. The van der Waals surface area contributed by atoms with Crippen LogP contribution in [0.1, 0.15) is 12.6 Å². The summed E-state index contributed by atoms with van der Waals surface area (Å²) in [7, 11) is -9.52. The molecule has 15 nitrogen and oxygen atoms in total. The minimum Gasteiger partial charge on any atom is -0.385 e. The third kappa shape index (κ3) is 4.64. The van der Waals surface area contributed by atoms with Gasteiger partial charge in [0.2, 0.25) is 0 Å². The van der Waals surface area contributed by atoms with Crippen molar-refractivity contribution in [2.24, 2.45) is 0 Å². The number of imidazole rings is 1. The van der Waals surface area contributed by atoms with Crippen LogP contribution in [-0.2, 0) is 18.4 Å². The largest absolute Gasteiger partial charge is 0.469 e. The molecule has 29 heavy (non-hydrogen) atoms. The lowest BCUT2D eigenvalue weighted by molar-refractivity contribution is -0.0932. The van der Waals surface area contributed by atoms with Gasteiger partial charge in [0, 0.05) is 0 Å². The highest BCUT2D eigenvalue weighted by Gasteiger charge is 2.57. The van der Waals surface area contributed by atoms with Crippen LogP contribution < -0.4 is 5.73 Å². The van der Waals surface area contributed by atoms with Crippen molar-refractivity contribution in [2.45, 2.75) is 30.5 Å². The van der Waals surface area contributed by atoms with Crippen molar-refractivity contribution in [3.63, 3.8) is 0 Å². The molecule has 0 aliphatic carbocycles. The van der Waals surface area contributed by atoms with Gasteiger partial charge in [-0.3, -0.25) is 13.7 Å². The van der Waals surface area contributed by atoms with Gasteiger partial charge in [0.25, 0.3) is 0 Å². The van der Waals surface area contributed by atoms with E-state index in [0.29, 0.717) is 0 Å². The van der Waals surface area contributed by atoms with E-state index in [1.807, 2.05) is 0 Å². The second kappa shape index (κ2) is 7.63. The highest BCUT2D eigenvalue weighted by Crippen LogP contribution is 2.46. The summed E-state index contributed by atoms with van der Waals surface area (Å²) in [5.74, 6) is 0.0411. The summed E-state index contributed by atoms with van der Waals surface area (Å²) in [6.45, 7) is -0.862. The molecule has 1 fully saturated rings. The number of hydrogen-bond donors (Lipinski definition) is 7. The molecule has 3 rings (SSSR count). The number of hydrogen-bond acceptors (Lipinski definition) is 10. The monoisotopic (exact) mass is 455 g/mol. The van der Waals surface area contributed by atoms with E-state index in [2.05, 4.69) is 19.5 Å². The SMILES string of the molecule is Nc1ncnc2c1ncn2[C@@H]1O[C@H](COP(=O)(O)O)[C@](O)(CCP(=O)(O)O)[C@H]1O. The van der Waals surface area contributed by atoms with Crippen molar-refractivity contribution in [3.8, 4) is 0 Å². The predicted octanol–water partition coefficient (Wildman–Crippen LogP) is -1.93. The van der Waals surface area contributed by atoms with Gasteiger partial charge in [-0.15, -0.1) is 0 Å². The van der Waals surface area contributed by atoms with Crippen LogP contribution in [0.2, 0.25) is 0 Å². The van der Waals surface area contributed by atoms with Gasteiger partial charge in [0.15, 0.2) is 17.7 Å². The first-order valence-corrected chi connectivity index (χ1v) is 11.4. The average molecular weight is 455 g/mol. The van der Waals surface area contributed by atoms with Gasteiger partial charge in [-0.2, -0.15) is 0 Å². The van der Waals surface area contributed by atoms with Crippen molar-refractivity contribution in [3.05, 3.63) is 12.7 Å². The van der Waals surface area contributed by atoms with Crippen LogP contribution in [0.4, 0.5) is 5.82 Å². The highest BCUT2D eigenvalue weighted by atomic mass is 31.2. The molecule has 1 aliphatic heterocycles. The van der Waals surface area contributed by atoms with Crippen molar-refractivity contribution < 1.29 is 48.2 Å². The quantitative estimate of drug-likeness (QED) is 0.225. The molecule has 0 saturated carbocycles. The number of nitrogen functional groups attached to an aromatic ring is 1. The maximum atomic E-state index is 11.2. The number of aliphatic hydroxyl groups excluding tert-OH is 1. The number of nitrogens with two attached hydrogens (primary N) is 1. The summed E-state index contributed by atoms with van der Waals surface area (Å²) >= 11 is 0. The van der Waals surface area contributed by atoms with Crippen LogP contribution in [-0.4, -0.2) is 79.9 Å². The minimum absolute atomic E-state index is 0.0411. The summed E-state index contributed by atoms with van der Waals surface area (Å²) in [5, 5.41) is 21.6. The van der Waals surface area contributed by atoms with E-state index in [9.17, 15) is 19.3 Å². The van der Waals surface area contributed by atoms with Gasteiger partial charge in [-0.25, -0.2) is 19.5 Å². The van der Waals surface area contributed by atoms with Crippen LogP contribution in [0.5, 0.6) is 0 Å². The Bertz CT molecular complexity index is 991. The Labute approximate surface area is 162 Å². The number of anilines is 1. The van der Waals surface area contributed by atoms with E-state index in [1.165, 1.54) is 10.9 Å². The Hall–Kier alpha value is -1.51. The number of rotatable bonds is 7. The molecule has 0 amide bonds. The van der Waals surface area contributed by atoms with Gasteiger partial charge >= 0.3 is 15.4 Å². The maximum Gasteiger partial charge on any atom is 0.469 e. The van der Waals surface area contributed by atoms with Crippen LogP contribution in [0.15, 0.2) is 12.7 Å². The summed E-state index contributed by atoms with van der Waals surface area (Å²) < 4.78 is 33.4. The van der Waals surface area contributed by atoms with E-state index in [1.54, 1.807) is 0 Å². The molecule has 1 saturated heterocycles. The Balaban J connectivity index is 1.96. The molecule has 162 valence electrons. The molecule has 0 radical (unpaired) electrons. The summed E-state index contributed by atoms with van der Waals surface area (Å²) in [6.07, 6.45) is -3.84. The van der Waals surface area contributed by atoms with E-state index in [-0.39, 0.29) is 17.0 Å². The molecule has 0 unspecified atom stereocenters. The number of phosphoric ester groups is 1. The zero-order valence-electron chi connectivity index (χ0n) is 14.6. The Kier molecular flexibility index (Phi) is 5.84. The van der Waals surface area contributed by atoms with Gasteiger partial charge in [-0.05, 0) is 6.42 Å². The molecule has 2 aromatic heterocycles. The van der Waals surface area contributed by atoms with Gasteiger partial charge in [-0.1, -0.05) is 0 Å². The average Bonchev–Trinajstić information content (AvgIpc) is 3.12. The molecule has 0 spiro atoms. The second-order valence-corrected chi connectivity index (χ2v) is 9.47. The number of aromatic nitrogens is 4. The Morgan fingerprint density at radius 3 is 2.55 bits per heavy atom. The van der Waals surface area contributed by atoms with Gasteiger partial charge in [0.1, 0.15) is 29.7 Å². The molecule has 17 heteroatoms. The van der Waals surface area contributed by atoms with Crippen molar-refractivity contribution >= 4 is 32.4 Å². The first-order chi connectivity index (χ1) is 13.3. The van der Waals surface area contributed by atoms with E-state index >= 15 is 0 Å².